The molecule has 0 spiro atoms. The molecule has 0 saturated heterocycles. The van der Waals surface area contributed by atoms with Gasteiger partial charge in [-0.05, 0) is 30.5 Å². The molecule has 0 amide bonds. The van der Waals surface area contributed by atoms with Crippen molar-refractivity contribution in [2.75, 3.05) is 5.32 Å². The highest BCUT2D eigenvalue weighted by molar-refractivity contribution is 6.16. The van der Waals surface area contributed by atoms with Gasteiger partial charge >= 0.3 is 5.97 Å². The summed E-state index contributed by atoms with van der Waals surface area (Å²) >= 11 is 0. The Bertz CT molecular complexity index is 694. The molecule has 0 unspecified atom stereocenters. The molecule has 2 aromatic rings. The Balaban J connectivity index is 1.78. The molecule has 106 valence electrons. The van der Waals surface area contributed by atoms with Crippen LogP contribution in [0, 0.1) is 0 Å². The Morgan fingerprint density at radius 3 is 2.57 bits per heavy atom. The Hall–Kier alpha value is -2.62. The Morgan fingerprint density at radius 1 is 1.10 bits per heavy atom. The molecule has 0 fully saturated rings. The van der Waals surface area contributed by atoms with Crippen molar-refractivity contribution in [3.63, 3.8) is 0 Å². The smallest absolute Gasteiger partial charge is 0.336 e. The zero-order valence-corrected chi connectivity index (χ0v) is 11.4. The molecule has 1 atom stereocenters. The molecule has 1 heterocycles. The SMILES string of the molecule is O=C(O)c1cccc2c1C(=O)[C@H](CCc1ccccc1)N2. The van der Waals surface area contributed by atoms with E-state index in [2.05, 4.69) is 5.32 Å². The molecule has 1 aliphatic rings. The third kappa shape index (κ3) is 2.52. The first kappa shape index (κ1) is 13.4. The highest BCUT2D eigenvalue weighted by Crippen LogP contribution is 2.30. The number of ketones is 1. The van der Waals surface area contributed by atoms with Gasteiger partial charge < -0.3 is 10.4 Å². The second-order valence-corrected chi connectivity index (χ2v) is 5.12. The molecule has 3 rings (SSSR count). The number of carbonyl (C=O) groups is 2. The van der Waals surface area contributed by atoms with E-state index in [1.54, 1.807) is 12.1 Å². The van der Waals surface area contributed by atoms with Crippen LogP contribution in [0.2, 0.25) is 0 Å². The normalized spacial score (nSPS) is 16.4. The number of nitrogens with one attached hydrogen (secondary N) is 1. The van der Waals surface area contributed by atoms with Crippen LogP contribution in [-0.4, -0.2) is 22.9 Å². The standard InChI is InChI=1S/C17H15NO3/c19-16-14(10-9-11-5-2-1-3-6-11)18-13-8-4-7-12(15(13)16)17(20)21/h1-8,14,18H,9-10H2,(H,20,21)/t14-/m0/s1. The van der Waals surface area contributed by atoms with Crippen molar-refractivity contribution in [3.05, 3.63) is 65.2 Å². The van der Waals surface area contributed by atoms with E-state index in [4.69, 9.17) is 0 Å². The number of aromatic carboxylic acids is 1. The van der Waals surface area contributed by atoms with Gasteiger partial charge in [0, 0.05) is 5.69 Å². The van der Waals surface area contributed by atoms with Crippen molar-refractivity contribution in [2.24, 2.45) is 0 Å². The molecular formula is C17H15NO3. The third-order valence-electron chi connectivity index (χ3n) is 3.75. The minimum atomic E-state index is -1.06. The summed E-state index contributed by atoms with van der Waals surface area (Å²) in [6.07, 6.45) is 1.43. The van der Waals surface area contributed by atoms with Gasteiger partial charge in [-0.2, -0.15) is 0 Å². The first-order valence-corrected chi connectivity index (χ1v) is 6.88. The van der Waals surface area contributed by atoms with Crippen LogP contribution in [0.1, 0.15) is 32.7 Å². The number of anilines is 1. The molecular weight excluding hydrogens is 266 g/mol. The van der Waals surface area contributed by atoms with E-state index < -0.39 is 5.97 Å². The predicted molar refractivity (Wildman–Crippen MR) is 79.9 cm³/mol. The lowest BCUT2D eigenvalue weighted by Crippen LogP contribution is -2.23. The monoisotopic (exact) mass is 281 g/mol. The van der Waals surface area contributed by atoms with Gasteiger partial charge in [-0.25, -0.2) is 4.79 Å². The third-order valence-corrected chi connectivity index (χ3v) is 3.75. The van der Waals surface area contributed by atoms with Crippen LogP contribution in [0.3, 0.4) is 0 Å². The number of hydrogen-bond donors (Lipinski definition) is 2. The molecule has 4 heteroatoms. The maximum absolute atomic E-state index is 12.4. The van der Waals surface area contributed by atoms with Crippen LogP contribution in [0.4, 0.5) is 5.69 Å². The second kappa shape index (κ2) is 5.40. The maximum Gasteiger partial charge on any atom is 0.336 e. The van der Waals surface area contributed by atoms with Crippen molar-refractivity contribution < 1.29 is 14.7 Å². The van der Waals surface area contributed by atoms with Crippen molar-refractivity contribution >= 4 is 17.4 Å². The summed E-state index contributed by atoms with van der Waals surface area (Å²) in [6, 6.07) is 14.5. The summed E-state index contributed by atoms with van der Waals surface area (Å²) in [6.45, 7) is 0. The van der Waals surface area contributed by atoms with Crippen LogP contribution in [-0.2, 0) is 6.42 Å². The van der Waals surface area contributed by atoms with E-state index in [1.807, 2.05) is 30.3 Å². The fourth-order valence-electron chi connectivity index (χ4n) is 2.70. The summed E-state index contributed by atoms with van der Waals surface area (Å²) in [5, 5.41) is 12.3. The van der Waals surface area contributed by atoms with Crippen LogP contribution in [0.5, 0.6) is 0 Å². The van der Waals surface area contributed by atoms with Crippen molar-refractivity contribution in [2.45, 2.75) is 18.9 Å². The highest BCUT2D eigenvalue weighted by Gasteiger charge is 2.33. The summed E-state index contributed by atoms with van der Waals surface area (Å²) in [5.41, 5.74) is 2.18. The van der Waals surface area contributed by atoms with E-state index in [1.165, 1.54) is 11.6 Å². The van der Waals surface area contributed by atoms with Gasteiger partial charge in [0.2, 0.25) is 0 Å². The van der Waals surface area contributed by atoms with Gasteiger partial charge in [0.05, 0.1) is 17.2 Å². The number of carboxylic acids is 1. The zero-order chi connectivity index (χ0) is 14.8. The average Bonchev–Trinajstić information content (AvgIpc) is 2.83. The predicted octanol–water partition coefficient (Wildman–Crippen LogP) is 2.99. The lowest BCUT2D eigenvalue weighted by Gasteiger charge is -2.09. The van der Waals surface area contributed by atoms with Gasteiger partial charge in [-0.15, -0.1) is 0 Å². The van der Waals surface area contributed by atoms with E-state index in [0.29, 0.717) is 17.7 Å². The first-order valence-electron chi connectivity index (χ1n) is 6.88. The van der Waals surface area contributed by atoms with E-state index >= 15 is 0 Å². The molecule has 2 N–H and O–H groups in total. The quantitative estimate of drug-likeness (QED) is 0.904. The number of benzene rings is 2. The fourth-order valence-corrected chi connectivity index (χ4v) is 2.70. The van der Waals surface area contributed by atoms with Crippen LogP contribution < -0.4 is 5.32 Å². The molecule has 0 aliphatic carbocycles. The largest absolute Gasteiger partial charge is 0.478 e. The Morgan fingerprint density at radius 2 is 1.86 bits per heavy atom. The number of aryl methyl sites for hydroxylation is 1. The lowest BCUT2D eigenvalue weighted by molar-refractivity contribution is 0.0692. The molecule has 0 radical (unpaired) electrons. The molecule has 0 aromatic heterocycles. The van der Waals surface area contributed by atoms with E-state index in [-0.39, 0.29) is 17.4 Å². The molecule has 0 bridgehead atoms. The number of Topliss-reactive ketones (excluding diaryl/α,β-unsaturated/α-hetero) is 1. The van der Waals surface area contributed by atoms with E-state index in [0.717, 1.165) is 6.42 Å². The van der Waals surface area contributed by atoms with Crippen LogP contribution >= 0.6 is 0 Å². The average molecular weight is 281 g/mol. The number of fused-ring (bicyclic) bond motifs is 1. The van der Waals surface area contributed by atoms with Gasteiger partial charge in [-0.3, -0.25) is 4.79 Å². The summed E-state index contributed by atoms with van der Waals surface area (Å²) < 4.78 is 0. The van der Waals surface area contributed by atoms with Crippen molar-refractivity contribution in [3.8, 4) is 0 Å². The van der Waals surface area contributed by atoms with Crippen molar-refractivity contribution in [1.29, 1.82) is 0 Å². The van der Waals surface area contributed by atoms with Crippen molar-refractivity contribution in [1.82, 2.24) is 0 Å². The van der Waals surface area contributed by atoms with Gasteiger partial charge in [0.15, 0.2) is 5.78 Å². The van der Waals surface area contributed by atoms with Gasteiger partial charge in [-0.1, -0.05) is 36.4 Å². The number of rotatable bonds is 4. The number of carbonyl (C=O) groups excluding carboxylic acids is 1. The second-order valence-electron chi connectivity index (χ2n) is 5.12. The lowest BCUT2D eigenvalue weighted by atomic mass is 9.98. The molecule has 4 nitrogen and oxygen atoms in total. The Kier molecular flexibility index (Phi) is 3.44. The molecule has 1 aliphatic heterocycles. The Labute approximate surface area is 122 Å². The summed E-state index contributed by atoms with van der Waals surface area (Å²) in [5.74, 6) is -1.19. The van der Waals surface area contributed by atoms with Gasteiger partial charge in [0.25, 0.3) is 0 Å². The topological polar surface area (TPSA) is 66.4 Å². The molecule has 0 saturated carbocycles. The summed E-state index contributed by atoms with van der Waals surface area (Å²) in [4.78, 5) is 23.6. The fraction of sp³-hybridized carbons (Fsp3) is 0.176. The minimum absolute atomic E-state index is 0.0761. The first-order chi connectivity index (χ1) is 10.2. The van der Waals surface area contributed by atoms with Crippen LogP contribution in [0.15, 0.2) is 48.5 Å². The number of hydrogen-bond acceptors (Lipinski definition) is 3. The highest BCUT2D eigenvalue weighted by atomic mass is 16.4. The van der Waals surface area contributed by atoms with E-state index in [9.17, 15) is 14.7 Å². The minimum Gasteiger partial charge on any atom is -0.478 e. The number of carboxylic acid groups (broad SMARTS) is 1. The maximum atomic E-state index is 12.4. The summed E-state index contributed by atoms with van der Waals surface area (Å²) in [7, 11) is 0. The zero-order valence-electron chi connectivity index (χ0n) is 11.4. The molecule has 2 aromatic carbocycles. The van der Waals surface area contributed by atoms with Gasteiger partial charge in [0.1, 0.15) is 0 Å². The van der Waals surface area contributed by atoms with Crippen LogP contribution in [0.25, 0.3) is 0 Å². The molecule has 21 heavy (non-hydrogen) atoms.